The van der Waals surface area contributed by atoms with Gasteiger partial charge in [0.1, 0.15) is 11.6 Å². The Balaban J connectivity index is 1.55. The van der Waals surface area contributed by atoms with Crippen LogP contribution in [-0.4, -0.2) is 17.6 Å². The predicted molar refractivity (Wildman–Crippen MR) is 81.5 cm³/mol. The fourth-order valence-electron chi connectivity index (χ4n) is 1.86. The molecule has 21 heavy (non-hydrogen) atoms. The normalized spacial score (nSPS) is 14.0. The van der Waals surface area contributed by atoms with Gasteiger partial charge in [0.25, 0.3) is 0 Å². The first kappa shape index (κ1) is 14.1. The molecule has 0 heterocycles. The number of hydrogen-bond donors (Lipinski definition) is 0. The van der Waals surface area contributed by atoms with Crippen molar-refractivity contribution < 1.29 is 13.9 Å². The number of ketones is 1. The van der Waals surface area contributed by atoms with Crippen LogP contribution in [0.3, 0.4) is 0 Å². The summed E-state index contributed by atoms with van der Waals surface area (Å²) in [6, 6.07) is 13.4. The van der Waals surface area contributed by atoms with Gasteiger partial charge < -0.3 is 4.74 Å². The molecule has 0 spiro atoms. The Morgan fingerprint density at radius 2 is 1.76 bits per heavy atom. The maximum absolute atomic E-state index is 12.8. The smallest absolute Gasteiger partial charge is 0.173 e. The van der Waals surface area contributed by atoms with Gasteiger partial charge in [0.2, 0.25) is 0 Å². The average molecular weight is 302 g/mol. The summed E-state index contributed by atoms with van der Waals surface area (Å²) < 4.78 is 18.4. The molecule has 1 aliphatic carbocycles. The number of ether oxygens (including phenoxy) is 1. The van der Waals surface area contributed by atoms with E-state index < -0.39 is 0 Å². The van der Waals surface area contributed by atoms with E-state index in [1.54, 1.807) is 24.3 Å². The SMILES string of the molecule is O=C(CSc1ccc(F)cc1)c1ccc(OC2CC2)cc1. The molecule has 2 nitrogen and oxygen atoms in total. The number of benzene rings is 2. The zero-order valence-electron chi connectivity index (χ0n) is 11.4. The van der Waals surface area contributed by atoms with Crippen molar-refractivity contribution in [2.24, 2.45) is 0 Å². The van der Waals surface area contributed by atoms with Gasteiger partial charge in [0, 0.05) is 10.5 Å². The number of hydrogen-bond acceptors (Lipinski definition) is 3. The predicted octanol–water partition coefficient (Wildman–Crippen LogP) is 4.34. The Morgan fingerprint density at radius 3 is 2.38 bits per heavy atom. The second kappa shape index (κ2) is 6.31. The molecule has 1 aliphatic rings. The van der Waals surface area contributed by atoms with Crippen LogP contribution >= 0.6 is 11.8 Å². The fraction of sp³-hybridized carbons (Fsp3) is 0.235. The Hall–Kier alpha value is -1.81. The van der Waals surface area contributed by atoms with Crippen molar-refractivity contribution in [3.8, 4) is 5.75 Å². The molecule has 0 saturated heterocycles. The van der Waals surface area contributed by atoms with Crippen molar-refractivity contribution >= 4 is 17.5 Å². The van der Waals surface area contributed by atoms with Crippen LogP contribution in [0.15, 0.2) is 53.4 Å². The summed E-state index contributed by atoms with van der Waals surface area (Å²) in [5, 5.41) is 0. The summed E-state index contributed by atoms with van der Waals surface area (Å²) in [4.78, 5) is 13.0. The maximum atomic E-state index is 12.8. The highest BCUT2D eigenvalue weighted by molar-refractivity contribution is 8.00. The molecular formula is C17H15FO2S. The number of carbonyl (C=O) groups excluding carboxylic acids is 1. The Kier molecular flexibility index (Phi) is 4.25. The molecule has 0 aromatic heterocycles. The Labute approximate surface area is 127 Å². The third kappa shape index (κ3) is 4.08. The second-order valence-corrected chi connectivity index (χ2v) is 6.06. The van der Waals surface area contributed by atoms with E-state index in [9.17, 15) is 9.18 Å². The molecule has 1 saturated carbocycles. The van der Waals surface area contributed by atoms with Crippen LogP contribution < -0.4 is 4.74 Å². The van der Waals surface area contributed by atoms with E-state index >= 15 is 0 Å². The first-order valence-electron chi connectivity index (χ1n) is 6.89. The largest absolute Gasteiger partial charge is 0.490 e. The van der Waals surface area contributed by atoms with E-state index in [4.69, 9.17) is 4.74 Å². The van der Waals surface area contributed by atoms with E-state index in [1.807, 2.05) is 12.1 Å². The van der Waals surface area contributed by atoms with Crippen LogP contribution in [-0.2, 0) is 0 Å². The number of carbonyl (C=O) groups is 1. The summed E-state index contributed by atoms with van der Waals surface area (Å²) in [6.07, 6.45) is 2.60. The van der Waals surface area contributed by atoms with Crippen LogP contribution in [0.25, 0.3) is 0 Å². The topological polar surface area (TPSA) is 26.3 Å². The minimum absolute atomic E-state index is 0.0577. The van der Waals surface area contributed by atoms with Gasteiger partial charge in [-0.3, -0.25) is 4.79 Å². The fourth-order valence-corrected chi connectivity index (χ4v) is 2.65. The first-order valence-corrected chi connectivity index (χ1v) is 7.87. The molecule has 0 atom stereocenters. The van der Waals surface area contributed by atoms with Crippen LogP contribution in [0.2, 0.25) is 0 Å². The van der Waals surface area contributed by atoms with Crippen LogP contribution in [0.1, 0.15) is 23.2 Å². The number of thioether (sulfide) groups is 1. The molecule has 1 fully saturated rings. The third-order valence-electron chi connectivity index (χ3n) is 3.19. The van der Waals surface area contributed by atoms with Gasteiger partial charge in [-0.25, -0.2) is 4.39 Å². The maximum Gasteiger partial charge on any atom is 0.173 e. The molecule has 4 heteroatoms. The molecule has 2 aromatic rings. The molecule has 108 valence electrons. The van der Waals surface area contributed by atoms with E-state index in [0.717, 1.165) is 23.5 Å². The Bertz CT molecular complexity index is 618. The number of halogens is 1. The molecular weight excluding hydrogens is 287 g/mol. The zero-order chi connectivity index (χ0) is 14.7. The lowest BCUT2D eigenvalue weighted by atomic mass is 10.1. The number of rotatable bonds is 6. The zero-order valence-corrected chi connectivity index (χ0v) is 12.2. The van der Waals surface area contributed by atoms with E-state index in [-0.39, 0.29) is 11.6 Å². The van der Waals surface area contributed by atoms with Crippen molar-refractivity contribution in [3.63, 3.8) is 0 Å². The molecule has 0 amide bonds. The van der Waals surface area contributed by atoms with Gasteiger partial charge in [-0.15, -0.1) is 11.8 Å². The quantitative estimate of drug-likeness (QED) is 0.586. The summed E-state index contributed by atoms with van der Waals surface area (Å²) >= 11 is 1.41. The van der Waals surface area contributed by atoms with Crippen molar-refractivity contribution in [3.05, 3.63) is 59.9 Å². The summed E-state index contributed by atoms with van der Waals surface area (Å²) in [5.74, 6) is 0.952. The minimum atomic E-state index is -0.267. The van der Waals surface area contributed by atoms with E-state index in [2.05, 4.69) is 0 Å². The number of Topliss-reactive ketones (excluding diaryl/α,β-unsaturated/α-hetero) is 1. The van der Waals surface area contributed by atoms with Gasteiger partial charge >= 0.3 is 0 Å². The summed E-state index contributed by atoms with van der Waals surface area (Å²) in [6.45, 7) is 0. The molecule has 0 bridgehead atoms. The molecule has 0 unspecified atom stereocenters. The standard InChI is InChI=1S/C17H15FO2S/c18-13-3-9-16(10-4-13)21-11-17(19)12-1-5-14(6-2-12)20-15-7-8-15/h1-6,9-10,15H,7-8,11H2. The van der Waals surface area contributed by atoms with E-state index in [1.165, 1.54) is 23.9 Å². The van der Waals surface area contributed by atoms with Gasteiger partial charge in [0.05, 0.1) is 11.9 Å². The van der Waals surface area contributed by atoms with Crippen LogP contribution in [0, 0.1) is 5.82 Å². The van der Waals surface area contributed by atoms with Gasteiger partial charge in [-0.1, -0.05) is 0 Å². The molecule has 2 aromatic carbocycles. The summed E-state index contributed by atoms with van der Waals surface area (Å²) in [5.41, 5.74) is 0.674. The highest BCUT2D eigenvalue weighted by Gasteiger charge is 2.23. The monoisotopic (exact) mass is 302 g/mol. The van der Waals surface area contributed by atoms with Crippen molar-refractivity contribution in [2.45, 2.75) is 23.8 Å². The lowest BCUT2D eigenvalue weighted by Gasteiger charge is -2.05. The molecule has 0 aliphatic heterocycles. The van der Waals surface area contributed by atoms with Gasteiger partial charge in [0.15, 0.2) is 5.78 Å². The van der Waals surface area contributed by atoms with Crippen molar-refractivity contribution in [1.82, 2.24) is 0 Å². The molecule has 3 rings (SSSR count). The van der Waals surface area contributed by atoms with Crippen molar-refractivity contribution in [2.75, 3.05) is 5.75 Å². The lowest BCUT2D eigenvalue weighted by molar-refractivity contribution is 0.102. The lowest BCUT2D eigenvalue weighted by Crippen LogP contribution is -2.02. The summed E-state index contributed by atoms with van der Waals surface area (Å²) in [7, 11) is 0. The van der Waals surface area contributed by atoms with E-state index in [0.29, 0.717) is 17.4 Å². The Morgan fingerprint density at radius 1 is 1.10 bits per heavy atom. The highest BCUT2D eigenvalue weighted by atomic mass is 32.2. The van der Waals surface area contributed by atoms with Gasteiger partial charge in [-0.2, -0.15) is 0 Å². The third-order valence-corrected chi connectivity index (χ3v) is 4.20. The average Bonchev–Trinajstić information content (AvgIpc) is 3.31. The van der Waals surface area contributed by atoms with Gasteiger partial charge in [-0.05, 0) is 61.4 Å². The highest BCUT2D eigenvalue weighted by Crippen LogP contribution is 2.27. The molecule has 0 radical (unpaired) electrons. The van der Waals surface area contributed by atoms with Crippen LogP contribution in [0.4, 0.5) is 4.39 Å². The second-order valence-electron chi connectivity index (χ2n) is 5.01. The van der Waals surface area contributed by atoms with Crippen molar-refractivity contribution in [1.29, 1.82) is 0 Å². The minimum Gasteiger partial charge on any atom is -0.490 e. The molecule has 0 N–H and O–H groups in total. The van der Waals surface area contributed by atoms with Crippen LogP contribution in [0.5, 0.6) is 5.75 Å². The first-order chi connectivity index (χ1) is 10.2.